The van der Waals surface area contributed by atoms with Crippen LogP contribution >= 0.6 is 0 Å². The fourth-order valence-electron chi connectivity index (χ4n) is 2.03. The van der Waals surface area contributed by atoms with E-state index < -0.39 is 0 Å². The average molecular weight is 212 g/mol. The minimum atomic E-state index is 0.0485. The molecule has 88 valence electrons. The van der Waals surface area contributed by atoms with Crippen molar-refractivity contribution in [3.8, 4) is 0 Å². The van der Waals surface area contributed by atoms with Crippen LogP contribution in [0.15, 0.2) is 0 Å². The molecule has 1 rings (SSSR count). The third kappa shape index (κ3) is 3.82. The molecule has 1 aliphatic heterocycles. The summed E-state index contributed by atoms with van der Waals surface area (Å²) in [5.41, 5.74) is 0.197. The number of amides is 1. The lowest BCUT2D eigenvalue weighted by Crippen LogP contribution is -2.43. The summed E-state index contributed by atoms with van der Waals surface area (Å²) in [6, 6.07) is 0.431. The summed E-state index contributed by atoms with van der Waals surface area (Å²) in [5.74, 6) is 0.277. The third-order valence-electron chi connectivity index (χ3n) is 2.50. The van der Waals surface area contributed by atoms with Crippen LogP contribution in [0.2, 0.25) is 0 Å². The summed E-state index contributed by atoms with van der Waals surface area (Å²) < 4.78 is 0. The summed E-state index contributed by atoms with van der Waals surface area (Å²) in [7, 11) is 0. The minimum Gasteiger partial charge on any atom is -0.341 e. The van der Waals surface area contributed by atoms with Crippen molar-refractivity contribution in [2.24, 2.45) is 5.41 Å². The van der Waals surface area contributed by atoms with E-state index in [2.05, 4.69) is 39.9 Å². The van der Waals surface area contributed by atoms with Crippen molar-refractivity contribution in [3.63, 3.8) is 0 Å². The molecule has 1 unspecified atom stereocenters. The molecule has 0 aromatic heterocycles. The number of hydrogen-bond acceptors (Lipinski definition) is 2. The molecular formula is C12H24N2O. The number of hydrogen-bond donors (Lipinski definition) is 1. The van der Waals surface area contributed by atoms with Crippen LogP contribution in [0.5, 0.6) is 0 Å². The average Bonchev–Trinajstić information content (AvgIpc) is 2.32. The van der Waals surface area contributed by atoms with Crippen LogP contribution in [0.25, 0.3) is 0 Å². The van der Waals surface area contributed by atoms with Crippen molar-refractivity contribution in [1.82, 2.24) is 10.2 Å². The Morgan fingerprint density at radius 2 is 2.07 bits per heavy atom. The van der Waals surface area contributed by atoms with Gasteiger partial charge in [-0.25, -0.2) is 0 Å². The summed E-state index contributed by atoms with van der Waals surface area (Å²) in [4.78, 5) is 14.0. The number of nitrogens with zero attached hydrogens (tertiary/aromatic N) is 1. The highest BCUT2D eigenvalue weighted by molar-refractivity contribution is 5.84. The van der Waals surface area contributed by atoms with E-state index in [4.69, 9.17) is 0 Å². The molecule has 1 fully saturated rings. The molecule has 0 bridgehead atoms. The van der Waals surface area contributed by atoms with Gasteiger partial charge in [-0.05, 0) is 11.8 Å². The van der Waals surface area contributed by atoms with E-state index in [1.54, 1.807) is 0 Å². The predicted molar refractivity (Wildman–Crippen MR) is 62.7 cm³/mol. The van der Waals surface area contributed by atoms with Crippen LogP contribution in [-0.2, 0) is 4.79 Å². The molecule has 1 heterocycles. The summed E-state index contributed by atoms with van der Waals surface area (Å²) >= 11 is 0. The number of likely N-dealkylation sites (tertiary alicyclic amines) is 1. The van der Waals surface area contributed by atoms with Gasteiger partial charge in [-0.15, -0.1) is 0 Å². The Morgan fingerprint density at radius 3 is 2.53 bits per heavy atom. The minimum absolute atomic E-state index is 0.0485. The van der Waals surface area contributed by atoms with Gasteiger partial charge < -0.3 is 10.2 Å². The molecule has 1 atom stereocenters. The van der Waals surface area contributed by atoms with Gasteiger partial charge in [0.25, 0.3) is 0 Å². The van der Waals surface area contributed by atoms with Crippen molar-refractivity contribution in [1.29, 1.82) is 0 Å². The Morgan fingerprint density at radius 1 is 1.47 bits per heavy atom. The first-order chi connectivity index (χ1) is 6.79. The Balaban J connectivity index is 2.49. The van der Waals surface area contributed by atoms with Gasteiger partial charge >= 0.3 is 0 Å². The maximum absolute atomic E-state index is 12.0. The molecule has 0 aromatic rings. The predicted octanol–water partition coefficient (Wildman–Crippen LogP) is 1.63. The second kappa shape index (κ2) is 4.52. The fraction of sp³-hybridized carbons (Fsp3) is 0.917. The van der Waals surface area contributed by atoms with Crippen LogP contribution in [-0.4, -0.2) is 36.0 Å². The van der Waals surface area contributed by atoms with Gasteiger partial charge in [-0.1, -0.05) is 34.6 Å². The van der Waals surface area contributed by atoms with E-state index in [-0.39, 0.29) is 17.4 Å². The smallest absolute Gasteiger partial charge is 0.239 e. The standard InChI is InChI=1S/C12H24N2O/c1-9(2)13-10-6-7-14(11(10)15)8-12(3,4)5/h9-10,13H,6-8H2,1-5H3. The summed E-state index contributed by atoms with van der Waals surface area (Å²) in [6.07, 6.45) is 0.951. The lowest BCUT2D eigenvalue weighted by molar-refractivity contribution is -0.130. The molecule has 3 heteroatoms. The van der Waals surface area contributed by atoms with Crippen molar-refractivity contribution >= 4 is 5.91 Å². The summed E-state index contributed by atoms with van der Waals surface area (Å²) in [5, 5.41) is 3.32. The number of carbonyl (C=O) groups excluding carboxylic acids is 1. The van der Waals surface area contributed by atoms with Crippen LogP contribution < -0.4 is 5.32 Å². The number of rotatable bonds is 3. The molecular weight excluding hydrogens is 188 g/mol. The molecule has 0 aromatic carbocycles. The zero-order chi connectivity index (χ0) is 11.6. The zero-order valence-corrected chi connectivity index (χ0v) is 10.6. The number of carbonyl (C=O) groups is 1. The molecule has 0 spiro atoms. The van der Waals surface area contributed by atoms with Gasteiger partial charge in [0.2, 0.25) is 5.91 Å². The second-order valence-electron chi connectivity index (χ2n) is 5.98. The largest absolute Gasteiger partial charge is 0.341 e. The normalized spacial score (nSPS) is 22.9. The Hall–Kier alpha value is -0.570. The Labute approximate surface area is 93.2 Å². The van der Waals surface area contributed by atoms with E-state index >= 15 is 0 Å². The van der Waals surface area contributed by atoms with Crippen molar-refractivity contribution in [3.05, 3.63) is 0 Å². The zero-order valence-electron chi connectivity index (χ0n) is 10.6. The molecule has 1 amide bonds. The van der Waals surface area contributed by atoms with Crippen molar-refractivity contribution in [2.45, 2.75) is 53.1 Å². The van der Waals surface area contributed by atoms with E-state index in [1.165, 1.54) is 0 Å². The molecule has 3 nitrogen and oxygen atoms in total. The molecule has 1 N–H and O–H groups in total. The van der Waals surface area contributed by atoms with Gasteiger partial charge in [0.05, 0.1) is 6.04 Å². The monoisotopic (exact) mass is 212 g/mol. The molecule has 1 aliphatic rings. The van der Waals surface area contributed by atoms with Gasteiger partial charge in [0.15, 0.2) is 0 Å². The van der Waals surface area contributed by atoms with Gasteiger partial charge in [0.1, 0.15) is 0 Å². The lowest BCUT2D eigenvalue weighted by Gasteiger charge is -2.26. The SMILES string of the molecule is CC(C)NC1CCN(CC(C)(C)C)C1=O. The molecule has 0 aliphatic carbocycles. The van der Waals surface area contributed by atoms with Gasteiger partial charge in [-0.3, -0.25) is 4.79 Å². The van der Waals surface area contributed by atoms with E-state index in [1.807, 2.05) is 4.90 Å². The maximum atomic E-state index is 12.0. The topological polar surface area (TPSA) is 32.3 Å². The summed E-state index contributed by atoms with van der Waals surface area (Å²) in [6.45, 7) is 12.4. The van der Waals surface area contributed by atoms with Crippen LogP contribution in [0.3, 0.4) is 0 Å². The number of nitrogens with one attached hydrogen (secondary N) is 1. The van der Waals surface area contributed by atoms with Crippen molar-refractivity contribution in [2.75, 3.05) is 13.1 Å². The first-order valence-electron chi connectivity index (χ1n) is 5.84. The molecule has 0 radical (unpaired) electrons. The van der Waals surface area contributed by atoms with E-state index in [0.717, 1.165) is 19.5 Å². The third-order valence-corrected chi connectivity index (χ3v) is 2.50. The van der Waals surface area contributed by atoms with Crippen LogP contribution in [0.1, 0.15) is 41.0 Å². The first kappa shape index (κ1) is 12.5. The van der Waals surface area contributed by atoms with Crippen molar-refractivity contribution < 1.29 is 4.79 Å². The quantitative estimate of drug-likeness (QED) is 0.771. The highest BCUT2D eigenvalue weighted by Gasteiger charge is 2.33. The highest BCUT2D eigenvalue weighted by Crippen LogP contribution is 2.20. The molecule has 15 heavy (non-hydrogen) atoms. The molecule has 0 saturated carbocycles. The molecule has 1 saturated heterocycles. The van der Waals surface area contributed by atoms with Crippen LogP contribution in [0.4, 0.5) is 0 Å². The lowest BCUT2D eigenvalue weighted by atomic mass is 9.96. The van der Waals surface area contributed by atoms with E-state index in [9.17, 15) is 4.79 Å². The maximum Gasteiger partial charge on any atom is 0.239 e. The Bertz CT molecular complexity index is 230. The first-order valence-corrected chi connectivity index (χ1v) is 5.84. The second-order valence-corrected chi connectivity index (χ2v) is 5.98. The highest BCUT2D eigenvalue weighted by atomic mass is 16.2. The van der Waals surface area contributed by atoms with Gasteiger partial charge in [-0.2, -0.15) is 0 Å². The Kier molecular flexibility index (Phi) is 3.77. The van der Waals surface area contributed by atoms with Crippen LogP contribution in [0, 0.1) is 5.41 Å². The van der Waals surface area contributed by atoms with E-state index in [0.29, 0.717) is 6.04 Å². The fourth-order valence-corrected chi connectivity index (χ4v) is 2.03. The van der Waals surface area contributed by atoms with Gasteiger partial charge in [0, 0.05) is 19.1 Å².